The summed E-state index contributed by atoms with van der Waals surface area (Å²) in [4.78, 5) is 0. The Balaban J connectivity index is 1.54. The van der Waals surface area contributed by atoms with Gasteiger partial charge >= 0.3 is 0 Å². The smallest absolute Gasteiger partial charge is 0.0198 e. The first-order valence-electron chi connectivity index (χ1n) is 7.26. The van der Waals surface area contributed by atoms with E-state index in [1.165, 1.54) is 44.1 Å². The lowest BCUT2D eigenvalue weighted by Gasteiger charge is -2.36. The van der Waals surface area contributed by atoms with Crippen molar-refractivity contribution < 1.29 is 0 Å². The van der Waals surface area contributed by atoms with Crippen LogP contribution in [0.2, 0.25) is 0 Å². The summed E-state index contributed by atoms with van der Waals surface area (Å²) < 4.78 is 0. The topological polar surface area (TPSA) is 0 Å². The zero-order chi connectivity index (χ0) is 11.7. The number of hydrogen-bond acceptors (Lipinski definition) is 0. The molecule has 0 saturated heterocycles. The highest BCUT2D eigenvalue weighted by atomic mass is 14.4. The Hall–Kier alpha value is -0.260. The molecular weight excluding hydrogens is 192 g/mol. The fourth-order valence-corrected chi connectivity index (χ4v) is 3.20. The monoisotopic (exact) mass is 220 g/mol. The molecule has 5 atom stereocenters. The summed E-state index contributed by atoms with van der Waals surface area (Å²) in [5.41, 5.74) is 1.53. The SMILES string of the molecule is C=C1C(C)CC1CCC(C)CCC1CC1C. The second-order valence-electron chi connectivity index (χ2n) is 6.64. The molecular formula is C16H28. The van der Waals surface area contributed by atoms with E-state index >= 15 is 0 Å². The van der Waals surface area contributed by atoms with E-state index in [1.54, 1.807) is 0 Å². The fourth-order valence-electron chi connectivity index (χ4n) is 3.20. The molecule has 2 rings (SSSR count). The van der Waals surface area contributed by atoms with Gasteiger partial charge in [-0.3, -0.25) is 0 Å². The molecule has 0 aromatic carbocycles. The summed E-state index contributed by atoms with van der Waals surface area (Å²) in [5, 5.41) is 0. The van der Waals surface area contributed by atoms with Crippen molar-refractivity contribution in [3.63, 3.8) is 0 Å². The van der Waals surface area contributed by atoms with E-state index < -0.39 is 0 Å². The molecule has 5 unspecified atom stereocenters. The van der Waals surface area contributed by atoms with Gasteiger partial charge in [0.2, 0.25) is 0 Å². The van der Waals surface area contributed by atoms with Crippen molar-refractivity contribution in [3.05, 3.63) is 12.2 Å². The summed E-state index contributed by atoms with van der Waals surface area (Å²) in [6.07, 6.45) is 8.70. The van der Waals surface area contributed by atoms with Gasteiger partial charge in [-0.1, -0.05) is 45.8 Å². The molecule has 16 heavy (non-hydrogen) atoms. The van der Waals surface area contributed by atoms with Crippen LogP contribution in [0, 0.1) is 29.6 Å². The quantitative estimate of drug-likeness (QED) is 0.549. The van der Waals surface area contributed by atoms with Crippen LogP contribution in [0.5, 0.6) is 0 Å². The average molecular weight is 220 g/mol. The maximum Gasteiger partial charge on any atom is -0.0198 e. The molecule has 2 aliphatic carbocycles. The van der Waals surface area contributed by atoms with Crippen molar-refractivity contribution in [2.45, 2.75) is 59.3 Å². The molecule has 0 N–H and O–H groups in total. The van der Waals surface area contributed by atoms with Crippen molar-refractivity contribution in [1.82, 2.24) is 0 Å². The molecule has 2 aliphatic rings. The Morgan fingerprint density at radius 1 is 1.19 bits per heavy atom. The van der Waals surface area contributed by atoms with Crippen molar-refractivity contribution >= 4 is 0 Å². The van der Waals surface area contributed by atoms with Gasteiger partial charge < -0.3 is 0 Å². The van der Waals surface area contributed by atoms with E-state index in [0.717, 1.165) is 29.6 Å². The summed E-state index contributed by atoms with van der Waals surface area (Å²) >= 11 is 0. The van der Waals surface area contributed by atoms with Crippen LogP contribution >= 0.6 is 0 Å². The van der Waals surface area contributed by atoms with Gasteiger partial charge in [0.15, 0.2) is 0 Å². The van der Waals surface area contributed by atoms with E-state index in [0.29, 0.717) is 0 Å². The van der Waals surface area contributed by atoms with Crippen molar-refractivity contribution in [2.24, 2.45) is 29.6 Å². The van der Waals surface area contributed by atoms with Gasteiger partial charge in [-0.15, -0.1) is 0 Å². The van der Waals surface area contributed by atoms with Gasteiger partial charge in [0.05, 0.1) is 0 Å². The summed E-state index contributed by atoms with van der Waals surface area (Å²) in [5.74, 6) is 4.75. The summed E-state index contributed by atoms with van der Waals surface area (Å²) in [7, 11) is 0. The largest absolute Gasteiger partial charge is 0.0993 e. The first-order chi connectivity index (χ1) is 7.58. The van der Waals surface area contributed by atoms with Crippen molar-refractivity contribution in [3.8, 4) is 0 Å². The van der Waals surface area contributed by atoms with E-state index in [2.05, 4.69) is 27.4 Å². The molecule has 0 aromatic rings. The maximum atomic E-state index is 4.19. The van der Waals surface area contributed by atoms with Gasteiger partial charge in [0, 0.05) is 0 Å². The summed E-state index contributed by atoms with van der Waals surface area (Å²) in [6.45, 7) is 11.4. The lowest BCUT2D eigenvalue weighted by Crippen LogP contribution is -2.24. The normalized spacial score (nSPS) is 39.3. The van der Waals surface area contributed by atoms with Gasteiger partial charge in [-0.2, -0.15) is 0 Å². The van der Waals surface area contributed by atoms with Crippen molar-refractivity contribution in [1.29, 1.82) is 0 Å². The molecule has 2 saturated carbocycles. The second-order valence-corrected chi connectivity index (χ2v) is 6.64. The molecule has 0 bridgehead atoms. The number of allylic oxidation sites excluding steroid dienone is 1. The van der Waals surface area contributed by atoms with Gasteiger partial charge in [0.25, 0.3) is 0 Å². The molecule has 0 amide bonds. The fraction of sp³-hybridized carbons (Fsp3) is 0.875. The number of hydrogen-bond donors (Lipinski definition) is 0. The zero-order valence-corrected chi connectivity index (χ0v) is 11.3. The van der Waals surface area contributed by atoms with E-state index in [1.807, 2.05) is 0 Å². The van der Waals surface area contributed by atoms with Crippen LogP contribution in [0.25, 0.3) is 0 Å². The van der Waals surface area contributed by atoms with Crippen LogP contribution in [0.1, 0.15) is 59.3 Å². The van der Waals surface area contributed by atoms with Crippen LogP contribution in [0.3, 0.4) is 0 Å². The van der Waals surface area contributed by atoms with E-state index in [-0.39, 0.29) is 0 Å². The van der Waals surface area contributed by atoms with Crippen molar-refractivity contribution in [2.75, 3.05) is 0 Å². The third kappa shape index (κ3) is 2.90. The Kier molecular flexibility index (Phi) is 3.77. The highest BCUT2D eigenvalue weighted by Gasteiger charge is 2.32. The Labute approximate surface area is 102 Å². The molecule has 0 heteroatoms. The standard InChI is InChI=1S/C16H28/c1-11(5-7-15-10-13(15)3)6-8-16-9-12(2)14(16)4/h11-13,15-16H,4-10H2,1-3H3. The minimum atomic E-state index is 0.813. The second kappa shape index (κ2) is 4.94. The molecule has 0 spiro atoms. The van der Waals surface area contributed by atoms with Crippen LogP contribution in [0.4, 0.5) is 0 Å². The maximum absolute atomic E-state index is 4.19. The molecule has 0 radical (unpaired) electrons. The highest BCUT2D eigenvalue weighted by molar-refractivity contribution is 5.14. The zero-order valence-electron chi connectivity index (χ0n) is 11.3. The molecule has 2 fully saturated rings. The van der Waals surface area contributed by atoms with Crippen LogP contribution in [0.15, 0.2) is 12.2 Å². The van der Waals surface area contributed by atoms with Gasteiger partial charge in [0.1, 0.15) is 0 Å². The molecule has 0 aromatic heterocycles. The van der Waals surface area contributed by atoms with Crippen LogP contribution < -0.4 is 0 Å². The van der Waals surface area contributed by atoms with E-state index in [4.69, 9.17) is 0 Å². The minimum Gasteiger partial charge on any atom is -0.0993 e. The lowest BCUT2D eigenvalue weighted by atomic mass is 9.69. The molecule has 0 heterocycles. The molecule has 0 aliphatic heterocycles. The van der Waals surface area contributed by atoms with Crippen LogP contribution in [-0.4, -0.2) is 0 Å². The number of rotatable bonds is 6. The third-order valence-corrected chi connectivity index (χ3v) is 5.11. The third-order valence-electron chi connectivity index (χ3n) is 5.11. The predicted molar refractivity (Wildman–Crippen MR) is 71.3 cm³/mol. The summed E-state index contributed by atoms with van der Waals surface area (Å²) in [6, 6.07) is 0. The first kappa shape index (κ1) is 12.2. The molecule has 0 nitrogen and oxygen atoms in total. The minimum absolute atomic E-state index is 0.813. The Morgan fingerprint density at radius 2 is 1.81 bits per heavy atom. The predicted octanol–water partition coefficient (Wildman–Crippen LogP) is 5.05. The van der Waals surface area contributed by atoms with Gasteiger partial charge in [-0.25, -0.2) is 0 Å². The molecule has 92 valence electrons. The van der Waals surface area contributed by atoms with Gasteiger partial charge in [-0.05, 0) is 55.3 Å². The first-order valence-corrected chi connectivity index (χ1v) is 7.26. The van der Waals surface area contributed by atoms with E-state index in [9.17, 15) is 0 Å². The lowest BCUT2D eigenvalue weighted by molar-refractivity contribution is 0.291. The highest BCUT2D eigenvalue weighted by Crippen LogP contribution is 2.44. The Bertz CT molecular complexity index is 253. The Morgan fingerprint density at radius 3 is 2.31 bits per heavy atom. The van der Waals surface area contributed by atoms with Crippen LogP contribution in [-0.2, 0) is 0 Å². The average Bonchev–Trinajstić information content (AvgIpc) is 2.97.